The first-order valence-electron chi connectivity index (χ1n) is 9.45. The molecule has 1 aromatic rings. The van der Waals surface area contributed by atoms with E-state index in [0.29, 0.717) is 18.2 Å². The van der Waals surface area contributed by atoms with Crippen LogP contribution in [0.3, 0.4) is 0 Å². The number of carbonyl (C=O) groups excluding carboxylic acids is 1. The van der Waals surface area contributed by atoms with Gasteiger partial charge in [0.15, 0.2) is 0 Å². The zero-order valence-electron chi connectivity index (χ0n) is 17.0. The van der Waals surface area contributed by atoms with E-state index in [1.54, 1.807) is 19.1 Å². The van der Waals surface area contributed by atoms with Gasteiger partial charge in [0.1, 0.15) is 6.04 Å². The Morgan fingerprint density at radius 2 is 1.73 bits per heavy atom. The molecule has 0 bridgehead atoms. The SMILES string of the molecule is CCCCC(CC)CNC(=O)C(C)N(c1cc(C)cc(C)c1)S(C)(=O)=O. The van der Waals surface area contributed by atoms with Crippen LogP contribution in [0.15, 0.2) is 18.2 Å². The van der Waals surface area contributed by atoms with Crippen molar-refractivity contribution in [3.63, 3.8) is 0 Å². The Labute approximate surface area is 159 Å². The second-order valence-electron chi connectivity index (χ2n) is 7.24. The van der Waals surface area contributed by atoms with Gasteiger partial charge in [0.05, 0.1) is 11.9 Å². The second-order valence-corrected chi connectivity index (χ2v) is 9.10. The Morgan fingerprint density at radius 3 is 2.19 bits per heavy atom. The molecule has 0 heterocycles. The van der Waals surface area contributed by atoms with Crippen molar-refractivity contribution in [2.24, 2.45) is 5.92 Å². The fourth-order valence-electron chi connectivity index (χ4n) is 3.22. The third-order valence-corrected chi connectivity index (χ3v) is 5.90. The molecule has 26 heavy (non-hydrogen) atoms. The van der Waals surface area contributed by atoms with Crippen molar-refractivity contribution in [2.75, 3.05) is 17.1 Å². The summed E-state index contributed by atoms with van der Waals surface area (Å²) < 4.78 is 26.0. The van der Waals surface area contributed by atoms with Gasteiger partial charge in [-0.3, -0.25) is 9.10 Å². The molecule has 5 nitrogen and oxygen atoms in total. The van der Waals surface area contributed by atoms with Gasteiger partial charge >= 0.3 is 0 Å². The van der Waals surface area contributed by atoms with E-state index in [4.69, 9.17) is 0 Å². The van der Waals surface area contributed by atoms with Crippen LogP contribution in [0.25, 0.3) is 0 Å². The minimum Gasteiger partial charge on any atom is -0.354 e. The predicted molar refractivity (Wildman–Crippen MR) is 109 cm³/mol. The molecule has 2 atom stereocenters. The topological polar surface area (TPSA) is 66.5 Å². The average Bonchev–Trinajstić information content (AvgIpc) is 2.52. The fraction of sp³-hybridized carbons (Fsp3) is 0.650. The minimum absolute atomic E-state index is 0.260. The highest BCUT2D eigenvalue weighted by molar-refractivity contribution is 7.92. The molecule has 0 saturated heterocycles. The van der Waals surface area contributed by atoms with E-state index < -0.39 is 16.1 Å². The monoisotopic (exact) mass is 382 g/mol. The van der Waals surface area contributed by atoms with Gasteiger partial charge in [-0.05, 0) is 56.4 Å². The number of sulfonamides is 1. The Balaban J connectivity index is 2.96. The molecule has 0 fully saturated rings. The third-order valence-electron chi connectivity index (χ3n) is 4.66. The van der Waals surface area contributed by atoms with Gasteiger partial charge in [-0.15, -0.1) is 0 Å². The zero-order valence-corrected chi connectivity index (χ0v) is 17.8. The molecule has 0 aliphatic heterocycles. The summed E-state index contributed by atoms with van der Waals surface area (Å²) in [5, 5.41) is 2.95. The van der Waals surface area contributed by atoms with Crippen LogP contribution in [-0.4, -0.2) is 33.2 Å². The summed E-state index contributed by atoms with van der Waals surface area (Å²) in [6.45, 7) is 10.3. The normalized spacial score (nSPS) is 13.9. The lowest BCUT2D eigenvalue weighted by atomic mass is 9.99. The quantitative estimate of drug-likeness (QED) is 0.669. The largest absolute Gasteiger partial charge is 0.354 e. The van der Waals surface area contributed by atoms with E-state index in [2.05, 4.69) is 19.2 Å². The first-order chi connectivity index (χ1) is 12.1. The van der Waals surface area contributed by atoms with E-state index in [-0.39, 0.29) is 5.91 Å². The lowest BCUT2D eigenvalue weighted by Gasteiger charge is -2.29. The number of amides is 1. The molecule has 0 saturated carbocycles. The standard InChI is InChI=1S/C20H34N2O3S/c1-7-9-10-18(8-2)14-21-20(23)17(5)22(26(6,24)25)19-12-15(3)11-16(4)13-19/h11-13,17-18H,7-10,14H2,1-6H3,(H,21,23). The van der Waals surface area contributed by atoms with Crippen molar-refractivity contribution in [2.45, 2.75) is 66.3 Å². The molecule has 148 valence electrons. The molecule has 1 aromatic carbocycles. The molecule has 1 N–H and O–H groups in total. The molecule has 1 amide bonds. The lowest BCUT2D eigenvalue weighted by molar-refractivity contribution is -0.122. The smallest absolute Gasteiger partial charge is 0.243 e. The fourth-order valence-corrected chi connectivity index (χ4v) is 4.38. The van der Waals surface area contributed by atoms with Gasteiger partial charge < -0.3 is 5.32 Å². The van der Waals surface area contributed by atoms with Crippen LogP contribution in [0.4, 0.5) is 5.69 Å². The van der Waals surface area contributed by atoms with Crippen molar-refractivity contribution in [3.8, 4) is 0 Å². The molecule has 0 aromatic heterocycles. The summed E-state index contributed by atoms with van der Waals surface area (Å²) in [5.41, 5.74) is 2.46. The van der Waals surface area contributed by atoms with Crippen LogP contribution in [0, 0.1) is 19.8 Å². The lowest BCUT2D eigenvalue weighted by Crippen LogP contribution is -2.48. The highest BCUT2D eigenvalue weighted by Gasteiger charge is 2.29. The van der Waals surface area contributed by atoms with Crippen molar-refractivity contribution in [1.82, 2.24) is 5.32 Å². The maximum absolute atomic E-state index is 12.7. The maximum Gasteiger partial charge on any atom is 0.243 e. The number of unbranched alkanes of at least 4 members (excludes halogenated alkanes) is 1. The van der Waals surface area contributed by atoms with Gasteiger partial charge in [-0.1, -0.05) is 39.2 Å². The highest BCUT2D eigenvalue weighted by atomic mass is 32.2. The first kappa shape index (κ1) is 22.5. The van der Waals surface area contributed by atoms with Crippen LogP contribution in [0.1, 0.15) is 57.6 Å². The predicted octanol–water partition coefficient (Wildman–Crippen LogP) is 3.79. The van der Waals surface area contributed by atoms with Gasteiger partial charge in [0, 0.05) is 6.54 Å². The first-order valence-corrected chi connectivity index (χ1v) is 11.3. The zero-order chi connectivity index (χ0) is 19.9. The number of nitrogens with one attached hydrogen (secondary N) is 1. The van der Waals surface area contributed by atoms with Crippen LogP contribution in [-0.2, 0) is 14.8 Å². The number of carbonyl (C=O) groups is 1. The van der Waals surface area contributed by atoms with Gasteiger partial charge in [0.2, 0.25) is 15.9 Å². The van der Waals surface area contributed by atoms with Crippen molar-refractivity contribution < 1.29 is 13.2 Å². The minimum atomic E-state index is -3.58. The molecular weight excluding hydrogens is 348 g/mol. The third kappa shape index (κ3) is 6.63. The molecule has 6 heteroatoms. The van der Waals surface area contributed by atoms with Crippen LogP contribution >= 0.6 is 0 Å². The van der Waals surface area contributed by atoms with Crippen LogP contribution < -0.4 is 9.62 Å². The Kier molecular flexibility index (Phi) is 8.60. The number of hydrogen-bond acceptors (Lipinski definition) is 3. The molecule has 0 radical (unpaired) electrons. The number of anilines is 1. The van der Waals surface area contributed by atoms with Crippen LogP contribution in [0.5, 0.6) is 0 Å². The van der Waals surface area contributed by atoms with Crippen molar-refractivity contribution in [1.29, 1.82) is 0 Å². The maximum atomic E-state index is 12.7. The molecule has 1 rings (SSSR count). The number of nitrogens with zero attached hydrogens (tertiary/aromatic N) is 1. The number of aryl methyl sites for hydroxylation is 2. The van der Waals surface area contributed by atoms with E-state index in [1.807, 2.05) is 19.9 Å². The molecule has 2 unspecified atom stereocenters. The van der Waals surface area contributed by atoms with E-state index in [1.165, 1.54) is 4.31 Å². The summed E-state index contributed by atoms with van der Waals surface area (Å²) >= 11 is 0. The van der Waals surface area contributed by atoms with Crippen molar-refractivity contribution >= 4 is 21.6 Å². The Hall–Kier alpha value is -1.56. The number of benzene rings is 1. The average molecular weight is 383 g/mol. The van der Waals surface area contributed by atoms with Crippen LogP contribution in [0.2, 0.25) is 0 Å². The summed E-state index contributed by atoms with van der Waals surface area (Å²) in [5.74, 6) is 0.170. The summed E-state index contributed by atoms with van der Waals surface area (Å²) in [6.07, 6.45) is 5.50. The van der Waals surface area contributed by atoms with E-state index in [0.717, 1.165) is 43.1 Å². The van der Waals surface area contributed by atoms with E-state index in [9.17, 15) is 13.2 Å². The van der Waals surface area contributed by atoms with Crippen molar-refractivity contribution in [3.05, 3.63) is 29.3 Å². The number of hydrogen-bond donors (Lipinski definition) is 1. The Morgan fingerprint density at radius 1 is 1.15 bits per heavy atom. The molecule has 0 aliphatic carbocycles. The second kappa shape index (κ2) is 9.95. The Bertz CT molecular complexity index is 681. The summed E-state index contributed by atoms with van der Waals surface area (Å²) in [4.78, 5) is 12.7. The van der Waals surface area contributed by atoms with Gasteiger partial charge in [-0.25, -0.2) is 8.42 Å². The van der Waals surface area contributed by atoms with Gasteiger partial charge in [0.25, 0.3) is 0 Å². The summed E-state index contributed by atoms with van der Waals surface area (Å²) in [7, 11) is -3.58. The summed E-state index contributed by atoms with van der Waals surface area (Å²) in [6, 6.07) is 4.78. The highest BCUT2D eigenvalue weighted by Crippen LogP contribution is 2.24. The molecule has 0 aliphatic rings. The van der Waals surface area contributed by atoms with Gasteiger partial charge in [-0.2, -0.15) is 0 Å². The number of rotatable bonds is 10. The molecular formula is C20H34N2O3S. The molecule has 0 spiro atoms. The van der Waals surface area contributed by atoms with E-state index >= 15 is 0 Å².